The van der Waals surface area contributed by atoms with E-state index in [0.29, 0.717) is 12.0 Å². The summed E-state index contributed by atoms with van der Waals surface area (Å²) in [5, 5.41) is 4.45. The Balaban J connectivity index is 1.41. The van der Waals surface area contributed by atoms with Gasteiger partial charge in [-0.2, -0.15) is 0 Å². The number of thiazole rings is 1. The van der Waals surface area contributed by atoms with E-state index < -0.39 is 0 Å². The molecule has 0 atom stereocenters. The first-order valence-electron chi connectivity index (χ1n) is 7.13. The first-order chi connectivity index (χ1) is 10.3. The normalized spacial score (nSPS) is 21.2. The van der Waals surface area contributed by atoms with Crippen molar-refractivity contribution in [3.8, 4) is 0 Å². The van der Waals surface area contributed by atoms with Crippen LogP contribution in [0.2, 0.25) is 5.02 Å². The number of fused-ring (bicyclic) bond motifs is 1. The highest BCUT2D eigenvalue weighted by Crippen LogP contribution is 2.39. The molecule has 106 valence electrons. The lowest BCUT2D eigenvalue weighted by Gasteiger charge is -2.37. The molecule has 2 aromatic carbocycles. The van der Waals surface area contributed by atoms with Crippen LogP contribution >= 0.6 is 22.9 Å². The van der Waals surface area contributed by atoms with Crippen LogP contribution in [0, 0.1) is 0 Å². The Bertz CT molecular complexity index is 777. The van der Waals surface area contributed by atoms with E-state index in [0.717, 1.165) is 10.5 Å². The predicted molar refractivity (Wildman–Crippen MR) is 90.5 cm³/mol. The molecule has 21 heavy (non-hydrogen) atoms. The first kappa shape index (κ1) is 13.1. The molecule has 0 amide bonds. The van der Waals surface area contributed by atoms with E-state index in [2.05, 4.69) is 40.6 Å². The Morgan fingerprint density at radius 2 is 2.05 bits per heavy atom. The van der Waals surface area contributed by atoms with E-state index in [1.807, 2.05) is 17.6 Å². The largest absolute Gasteiger partial charge is 0.382 e. The fraction of sp³-hybridized carbons (Fsp3) is 0.235. The third-order valence-electron chi connectivity index (χ3n) is 4.16. The molecule has 0 spiro atoms. The zero-order valence-electron chi connectivity index (χ0n) is 11.4. The van der Waals surface area contributed by atoms with Crippen LogP contribution in [0.5, 0.6) is 0 Å². The van der Waals surface area contributed by atoms with Gasteiger partial charge in [0.15, 0.2) is 0 Å². The molecule has 4 heteroatoms. The summed E-state index contributed by atoms with van der Waals surface area (Å²) in [7, 11) is 0. The van der Waals surface area contributed by atoms with E-state index in [-0.39, 0.29) is 0 Å². The fourth-order valence-corrected chi connectivity index (χ4v) is 3.86. The molecule has 0 unspecified atom stereocenters. The van der Waals surface area contributed by atoms with Crippen LogP contribution in [-0.4, -0.2) is 11.0 Å². The van der Waals surface area contributed by atoms with E-state index in [1.165, 1.54) is 28.8 Å². The van der Waals surface area contributed by atoms with Crippen molar-refractivity contribution in [3.63, 3.8) is 0 Å². The summed E-state index contributed by atoms with van der Waals surface area (Å²) >= 11 is 7.75. The highest BCUT2D eigenvalue weighted by atomic mass is 35.5. The molecule has 1 aromatic heterocycles. The van der Waals surface area contributed by atoms with Crippen molar-refractivity contribution >= 4 is 38.8 Å². The summed E-state index contributed by atoms with van der Waals surface area (Å²) in [6.07, 6.45) is 2.34. The highest BCUT2D eigenvalue weighted by molar-refractivity contribution is 7.16. The number of hydrogen-bond donors (Lipinski definition) is 1. The number of hydrogen-bond acceptors (Lipinski definition) is 3. The molecule has 4 rings (SSSR count). The Morgan fingerprint density at radius 3 is 2.90 bits per heavy atom. The monoisotopic (exact) mass is 314 g/mol. The van der Waals surface area contributed by atoms with Crippen LogP contribution in [0.25, 0.3) is 10.2 Å². The number of anilines is 1. The minimum Gasteiger partial charge on any atom is -0.382 e. The lowest BCUT2D eigenvalue weighted by Crippen LogP contribution is -2.33. The third-order valence-corrected chi connectivity index (χ3v) is 5.19. The molecule has 1 aliphatic rings. The van der Waals surface area contributed by atoms with E-state index in [1.54, 1.807) is 11.3 Å². The summed E-state index contributed by atoms with van der Waals surface area (Å²) in [5.41, 5.74) is 5.53. The van der Waals surface area contributed by atoms with Gasteiger partial charge in [0.25, 0.3) is 0 Å². The summed E-state index contributed by atoms with van der Waals surface area (Å²) in [5.74, 6) is 0.633. The highest BCUT2D eigenvalue weighted by Gasteiger charge is 2.30. The Labute approximate surface area is 132 Å². The average Bonchev–Trinajstić information content (AvgIpc) is 2.89. The van der Waals surface area contributed by atoms with Crippen molar-refractivity contribution in [2.45, 2.75) is 24.8 Å². The van der Waals surface area contributed by atoms with Crippen molar-refractivity contribution < 1.29 is 0 Å². The number of benzene rings is 2. The molecular formula is C17H15ClN2S. The molecule has 3 aromatic rings. The second kappa shape index (κ2) is 5.32. The summed E-state index contributed by atoms with van der Waals surface area (Å²) < 4.78 is 1.24. The molecule has 2 nitrogen and oxygen atoms in total. The molecule has 0 radical (unpaired) electrons. The standard InChI is InChI=1S/C17H15ClN2S/c18-13-3-1-2-11(6-13)12-7-15(8-12)20-14-4-5-16-17(9-14)21-10-19-16/h1-6,9-10,12,15,20H,7-8H2. The molecule has 0 aliphatic heterocycles. The lowest BCUT2D eigenvalue weighted by atomic mass is 9.76. The van der Waals surface area contributed by atoms with Crippen molar-refractivity contribution in [3.05, 3.63) is 58.6 Å². The number of rotatable bonds is 3. The second-order valence-electron chi connectivity index (χ2n) is 5.60. The topological polar surface area (TPSA) is 24.9 Å². The van der Waals surface area contributed by atoms with E-state index in [9.17, 15) is 0 Å². The molecule has 1 aliphatic carbocycles. The van der Waals surface area contributed by atoms with Gasteiger partial charge >= 0.3 is 0 Å². The van der Waals surface area contributed by atoms with Crippen LogP contribution in [0.3, 0.4) is 0 Å². The van der Waals surface area contributed by atoms with Crippen LogP contribution in [0.1, 0.15) is 24.3 Å². The van der Waals surface area contributed by atoms with Crippen molar-refractivity contribution in [1.29, 1.82) is 0 Å². The smallest absolute Gasteiger partial charge is 0.0813 e. The molecule has 1 heterocycles. The van der Waals surface area contributed by atoms with Crippen molar-refractivity contribution in [1.82, 2.24) is 4.98 Å². The maximum Gasteiger partial charge on any atom is 0.0813 e. The molecule has 1 N–H and O–H groups in total. The van der Waals surface area contributed by atoms with Crippen LogP contribution < -0.4 is 5.32 Å². The Kier molecular flexibility index (Phi) is 3.32. The van der Waals surface area contributed by atoms with Crippen molar-refractivity contribution in [2.75, 3.05) is 5.32 Å². The number of nitrogens with zero attached hydrogens (tertiary/aromatic N) is 1. The summed E-state index contributed by atoms with van der Waals surface area (Å²) in [4.78, 5) is 4.31. The maximum atomic E-state index is 6.06. The Hall–Kier alpha value is -1.58. The first-order valence-corrected chi connectivity index (χ1v) is 8.39. The molecule has 1 saturated carbocycles. The minimum absolute atomic E-state index is 0.555. The van der Waals surface area contributed by atoms with E-state index >= 15 is 0 Å². The summed E-state index contributed by atoms with van der Waals surface area (Å²) in [6, 6.07) is 15.2. The van der Waals surface area contributed by atoms with Gasteiger partial charge in [0.05, 0.1) is 15.7 Å². The zero-order chi connectivity index (χ0) is 14.2. The SMILES string of the molecule is Clc1cccc(C2CC(Nc3ccc4ncsc4c3)C2)c1. The minimum atomic E-state index is 0.555. The third kappa shape index (κ3) is 2.63. The van der Waals surface area contributed by atoms with Gasteiger partial charge in [-0.15, -0.1) is 11.3 Å². The zero-order valence-corrected chi connectivity index (χ0v) is 13.0. The van der Waals surface area contributed by atoms with Gasteiger partial charge in [-0.1, -0.05) is 23.7 Å². The molecule has 1 fully saturated rings. The average molecular weight is 315 g/mol. The lowest BCUT2D eigenvalue weighted by molar-refractivity contribution is 0.374. The van der Waals surface area contributed by atoms with Crippen LogP contribution in [-0.2, 0) is 0 Å². The Morgan fingerprint density at radius 1 is 1.14 bits per heavy atom. The van der Waals surface area contributed by atoms with Gasteiger partial charge in [-0.05, 0) is 54.7 Å². The number of nitrogens with one attached hydrogen (secondary N) is 1. The van der Waals surface area contributed by atoms with Crippen LogP contribution in [0.15, 0.2) is 48.0 Å². The second-order valence-corrected chi connectivity index (χ2v) is 6.92. The van der Waals surface area contributed by atoms with Gasteiger partial charge < -0.3 is 5.32 Å². The van der Waals surface area contributed by atoms with Gasteiger partial charge in [0.1, 0.15) is 0 Å². The van der Waals surface area contributed by atoms with Gasteiger partial charge in [0, 0.05) is 16.8 Å². The number of aromatic nitrogens is 1. The number of halogens is 1. The molecule has 0 bridgehead atoms. The van der Waals surface area contributed by atoms with Crippen molar-refractivity contribution in [2.24, 2.45) is 0 Å². The maximum absolute atomic E-state index is 6.06. The van der Waals surface area contributed by atoms with Gasteiger partial charge in [-0.3, -0.25) is 0 Å². The molecule has 0 saturated heterocycles. The van der Waals surface area contributed by atoms with Gasteiger partial charge in [0.2, 0.25) is 0 Å². The quantitative estimate of drug-likeness (QED) is 0.709. The van der Waals surface area contributed by atoms with Gasteiger partial charge in [-0.25, -0.2) is 4.98 Å². The van der Waals surface area contributed by atoms with E-state index in [4.69, 9.17) is 11.6 Å². The predicted octanol–water partition coefficient (Wildman–Crippen LogP) is 5.31. The van der Waals surface area contributed by atoms with Crippen LogP contribution in [0.4, 0.5) is 5.69 Å². The summed E-state index contributed by atoms with van der Waals surface area (Å²) in [6.45, 7) is 0. The fourth-order valence-electron chi connectivity index (χ4n) is 2.95. The molecular weight excluding hydrogens is 300 g/mol.